The standard InChI is InChI=1S/C29H44N4O4S/c1-29(2,28(35)33-9-8-21(30)15-33)16-36-27-25(38-22-6-4-3-5-7-22)24(37-32-27)26(34)31-23-19-11-17-10-18(13-19)14-20(23)12-17/h17-23H,3-16,30H2,1-2H3,(H,31,34)/t17?,18?,19?,20?,21-,23?/m0/s1. The fourth-order valence-electron chi connectivity index (χ4n) is 8.05. The first-order valence-corrected chi connectivity index (χ1v) is 15.8. The van der Waals surface area contributed by atoms with Crippen LogP contribution < -0.4 is 15.8 Å². The predicted octanol–water partition coefficient (Wildman–Crippen LogP) is 4.62. The number of nitrogens with one attached hydrogen (secondary N) is 1. The third-order valence-corrected chi connectivity index (χ3v) is 11.2. The summed E-state index contributed by atoms with van der Waals surface area (Å²) in [5, 5.41) is 8.04. The molecule has 0 spiro atoms. The third-order valence-electron chi connectivity index (χ3n) is 9.85. The fourth-order valence-corrected chi connectivity index (χ4v) is 9.38. The van der Waals surface area contributed by atoms with Gasteiger partial charge in [-0.2, -0.15) is 0 Å². The van der Waals surface area contributed by atoms with Gasteiger partial charge in [-0.05, 0) is 94.0 Å². The lowest BCUT2D eigenvalue weighted by Gasteiger charge is -2.54. The molecule has 0 radical (unpaired) electrons. The fraction of sp³-hybridized carbons (Fsp3) is 0.828. The SMILES string of the molecule is CC(C)(COc1noc(C(=O)NC2C3CC4CC(C3)CC2C4)c1SC1CCCCC1)C(=O)N1CC[C@H](N)C1. The van der Waals surface area contributed by atoms with E-state index in [0.717, 1.165) is 31.1 Å². The van der Waals surface area contributed by atoms with Crippen molar-refractivity contribution in [2.45, 2.75) is 107 Å². The minimum Gasteiger partial charge on any atom is -0.474 e. The Hall–Kier alpha value is -1.74. The molecule has 0 unspecified atom stereocenters. The summed E-state index contributed by atoms with van der Waals surface area (Å²) in [5.74, 6) is 3.39. The van der Waals surface area contributed by atoms with Crippen LogP contribution in [0.25, 0.3) is 0 Å². The molecule has 5 saturated carbocycles. The van der Waals surface area contributed by atoms with E-state index in [-0.39, 0.29) is 36.3 Å². The molecule has 6 aliphatic rings. The van der Waals surface area contributed by atoms with E-state index in [4.69, 9.17) is 15.0 Å². The molecular weight excluding hydrogens is 500 g/mol. The van der Waals surface area contributed by atoms with Gasteiger partial charge in [-0.15, -0.1) is 11.8 Å². The van der Waals surface area contributed by atoms with E-state index in [1.165, 1.54) is 51.4 Å². The Balaban J connectivity index is 1.17. The topological polar surface area (TPSA) is 111 Å². The van der Waals surface area contributed by atoms with E-state index in [9.17, 15) is 9.59 Å². The Morgan fingerprint density at radius 3 is 2.39 bits per heavy atom. The molecule has 2 heterocycles. The highest BCUT2D eigenvalue weighted by atomic mass is 32.2. The van der Waals surface area contributed by atoms with Gasteiger partial charge in [-0.3, -0.25) is 9.59 Å². The summed E-state index contributed by atoms with van der Waals surface area (Å²) in [6.07, 6.45) is 13.1. The van der Waals surface area contributed by atoms with Crippen LogP contribution in [0.2, 0.25) is 0 Å². The van der Waals surface area contributed by atoms with Crippen LogP contribution in [-0.2, 0) is 4.79 Å². The molecule has 4 bridgehead atoms. The van der Waals surface area contributed by atoms with Gasteiger partial charge in [0.2, 0.25) is 11.7 Å². The van der Waals surface area contributed by atoms with Crippen LogP contribution in [-0.4, -0.2) is 58.9 Å². The van der Waals surface area contributed by atoms with E-state index in [1.807, 2.05) is 18.7 Å². The minimum atomic E-state index is -0.738. The van der Waals surface area contributed by atoms with Gasteiger partial charge in [0.05, 0.1) is 5.41 Å². The Morgan fingerprint density at radius 2 is 1.76 bits per heavy atom. The molecule has 9 heteroatoms. The average Bonchev–Trinajstić information content (AvgIpc) is 3.50. The normalized spacial score (nSPS) is 33.1. The molecule has 1 saturated heterocycles. The lowest BCUT2D eigenvalue weighted by Crippen LogP contribution is -2.55. The van der Waals surface area contributed by atoms with E-state index in [1.54, 1.807) is 11.8 Å². The molecule has 2 amide bonds. The first-order chi connectivity index (χ1) is 18.3. The second kappa shape index (κ2) is 10.7. The second-order valence-corrected chi connectivity index (χ2v) is 14.7. The van der Waals surface area contributed by atoms with Crippen molar-refractivity contribution in [3.63, 3.8) is 0 Å². The van der Waals surface area contributed by atoms with Crippen molar-refractivity contribution >= 4 is 23.6 Å². The number of ether oxygens (including phenoxy) is 1. The molecule has 8 nitrogen and oxygen atoms in total. The van der Waals surface area contributed by atoms with Gasteiger partial charge >= 0.3 is 0 Å². The summed E-state index contributed by atoms with van der Waals surface area (Å²) >= 11 is 1.67. The maximum atomic E-state index is 13.6. The lowest BCUT2D eigenvalue weighted by molar-refractivity contribution is -0.140. The van der Waals surface area contributed by atoms with Gasteiger partial charge in [-0.25, -0.2) is 0 Å². The highest BCUT2D eigenvalue weighted by Gasteiger charge is 2.49. The Morgan fingerprint density at radius 1 is 1.08 bits per heavy atom. The van der Waals surface area contributed by atoms with E-state index in [2.05, 4.69) is 10.5 Å². The van der Waals surface area contributed by atoms with Crippen LogP contribution in [0.1, 0.15) is 95.0 Å². The summed E-state index contributed by atoms with van der Waals surface area (Å²) in [4.78, 5) is 29.3. The molecule has 3 N–H and O–H groups in total. The van der Waals surface area contributed by atoms with Gasteiger partial charge in [-0.1, -0.05) is 19.3 Å². The maximum absolute atomic E-state index is 13.6. The van der Waals surface area contributed by atoms with Crippen molar-refractivity contribution in [2.75, 3.05) is 19.7 Å². The van der Waals surface area contributed by atoms with Crippen molar-refractivity contribution in [3.05, 3.63) is 5.76 Å². The largest absolute Gasteiger partial charge is 0.474 e. The average molecular weight is 545 g/mol. The lowest BCUT2D eigenvalue weighted by atomic mass is 9.54. The number of hydrogen-bond acceptors (Lipinski definition) is 7. The van der Waals surface area contributed by atoms with E-state index < -0.39 is 5.41 Å². The van der Waals surface area contributed by atoms with Crippen LogP contribution >= 0.6 is 11.8 Å². The van der Waals surface area contributed by atoms with Crippen LogP contribution in [0.4, 0.5) is 0 Å². The molecule has 1 aromatic heterocycles. The van der Waals surface area contributed by atoms with Crippen molar-refractivity contribution in [2.24, 2.45) is 34.8 Å². The minimum absolute atomic E-state index is 0.0373. The van der Waals surface area contributed by atoms with Crippen LogP contribution in [0.3, 0.4) is 0 Å². The summed E-state index contributed by atoms with van der Waals surface area (Å²) in [7, 11) is 0. The zero-order chi connectivity index (χ0) is 26.4. The molecule has 7 rings (SSSR count). The Kier molecular flexibility index (Phi) is 7.44. The summed E-state index contributed by atoms with van der Waals surface area (Å²) in [6, 6.07) is 0.279. The molecule has 0 aromatic carbocycles. The van der Waals surface area contributed by atoms with Crippen molar-refractivity contribution < 1.29 is 18.8 Å². The van der Waals surface area contributed by atoms with Gasteiger partial charge < -0.3 is 25.2 Å². The molecule has 1 aromatic rings. The number of nitrogens with two attached hydrogens (primary N) is 1. The number of amides is 2. The number of carbonyl (C=O) groups is 2. The highest BCUT2D eigenvalue weighted by Crippen LogP contribution is 2.54. The quantitative estimate of drug-likeness (QED) is 0.491. The molecular formula is C29H44N4O4S. The molecule has 210 valence electrons. The molecule has 38 heavy (non-hydrogen) atoms. The second-order valence-electron chi connectivity index (χ2n) is 13.4. The van der Waals surface area contributed by atoms with Crippen molar-refractivity contribution in [1.29, 1.82) is 0 Å². The number of carbonyl (C=O) groups excluding carboxylic acids is 2. The number of thioether (sulfide) groups is 1. The van der Waals surface area contributed by atoms with Gasteiger partial charge in [0.25, 0.3) is 11.8 Å². The highest BCUT2D eigenvalue weighted by molar-refractivity contribution is 8.00. The monoisotopic (exact) mass is 544 g/mol. The van der Waals surface area contributed by atoms with Gasteiger partial charge in [0.1, 0.15) is 11.5 Å². The van der Waals surface area contributed by atoms with Crippen LogP contribution in [0.15, 0.2) is 9.42 Å². The van der Waals surface area contributed by atoms with Crippen molar-refractivity contribution in [1.82, 2.24) is 15.4 Å². The van der Waals surface area contributed by atoms with E-state index >= 15 is 0 Å². The number of rotatable bonds is 8. The maximum Gasteiger partial charge on any atom is 0.291 e. The molecule has 5 aliphatic carbocycles. The number of hydrogen-bond donors (Lipinski definition) is 2. The molecule has 1 aliphatic heterocycles. The van der Waals surface area contributed by atoms with Crippen LogP contribution in [0, 0.1) is 29.1 Å². The Labute approximate surface area is 230 Å². The van der Waals surface area contributed by atoms with E-state index in [0.29, 0.717) is 41.0 Å². The van der Waals surface area contributed by atoms with Crippen LogP contribution in [0.5, 0.6) is 5.88 Å². The first kappa shape index (κ1) is 26.5. The Bertz CT molecular complexity index is 1010. The summed E-state index contributed by atoms with van der Waals surface area (Å²) in [6.45, 7) is 5.23. The summed E-state index contributed by atoms with van der Waals surface area (Å²) < 4.78 is 11.9. The third kappa shape index (κ3) is 5.34. The van der Waals surface area contributed by atoms with Gasteiger partial charge in [0, 0.05) is 30.4 Å². The first-order valence-electron chi connectivity index (χ1n) is 14.9. The number of aromatic nitrogens is 1. The summed E-state index contributed by atoms with van der Waals surface area (Å²) in [5.41, 5.74) is 5.29. The number of nitrogens with zero attached hydrogens (tertiary/aromatic N) is 2. The molecule has 6 fully saturated rings. The molecule has 1 atom stereocenters. The number of likely N-dealkylation sites (tertiary alicyclic amines) is 1. The predicted molar refractivity (Wildman–Crippen MR) is 146 cm³/mol. The zero-order valence-corrected chi connectivity index (χ0v) is 23.8. The van der Waals surface area contributed by atoms with Gasteiger partial charge in [0.15, 0.2) is 0 Å². The smallest absolute Gasteiger partial charge is 0.291 e. The van der Waals surface area contributed by atoms with Crippen molar-refractivity contribution in [3.8, 4) is 5.88 Å². The zero-order valence-electron chi connectivity index (χ0n) is 23.0.